The van der Waals surface area contributed by atoms with Gasteiger partial charge in [0.05, 0.1) is 12.1 Å². The summed E-state index contributed by atoms with van der Waals surface area (Å²) in [6.45, 7) is 1.68. The molecule has 0 aliphatic rings. The van der Waals surface area contributed by atoms with Crippen molar-refractivity contribution in [3.63, 3.8) is 0 Å². The molecule has 0 aliphatic heterocycles. The first-order valence-corrected chi connectivity index (χ1v) is 3.19. The van der Waals surface area contributed by atoms with E-state index in [4.69, 9.17) is 15.5 Å². The predicted molar refractivity (Wildman–Crippen MR) is 36.9 cm³/mol. The van der Waals surface area contributed by atoms with Crippen molar-refractivity contribution in [1.82, 2.24) is 5.32 Å². The van der Waals surface area contributed by atoms with E-state index >= 15 is 0 Å². The average molecular weight is 158 g/mol. The molecule has 0 saturated carbocycles. The van der Waals surface area contributed by atoms with E-state index in [9.17, 15) is 4.79 Å². The summed E-state index contributed by atoms with van der Waals surface area (Å²) in [7, 11) is 0. The van der Waals surface area contributed by atoms with Gasteiger partial charge >= 0.3 is 6.09 Å². The smallest absolute Gasteiger partial charge is 0.405 e. The average Bonchev–Trinajstić information content (AvgIpc) is 1.98. The fourth-order valence-corrected chi connectivity index (χ4v) is 0.653. The second-order valence-electron chi connectivity index (χ2n) is 2.04. The zero-order valence-corrected chi connectivity index (χ0v) is 6.11. The summed E-state index contributed by atoms with van der Waals surface area (Å²) < 4.78 is 0. The maximum absolute atomic E-state index is 10.1. The van der Waals surface area contributed by atoms with Gasteiger partial charge in [0.15, 0.2) is 6.10 Å². The fraction of sp³-hybridized carbons (Fsp3) is 0.667. The van der Waals surface area contributed by atoms with E-state index in [0.717, 1.165) is 0 Å². The molecule has 3 N–H and O–H groups in total. The zero-order valence-electron chi connectivity index (χ0n) is 6.11. The van der Waals surface area contributed by atoms with Crippen LogP contribution in [0.4, 0.5) is 4.79 Å². The molecule has 2 atom stereocenters. The van der Waals surface area contributed by atoms with Gasteiger partial charge in [-0.15, -0.1) is 0 Å². The summed E-state index contributed by atoms with van der Waals surface area (Å²) in [4.78, 5) is 10.1. The van der Waals surface area contributed by atoms with Gasteiger partial charge in [0.2, 0.25) is 0 Å². The minimum absolute atomic E-state index is 0.390. The lowest BCUT2D eigenvalue weighted by Crippen LogP contribution is -2.41. The third kappa shape index (κ3) is 3.43. The number of carboxylic acid groups (broad SMARTS) is 1. The topological polar surface area (TPSA) is 93.3 Å². The van der Waals surface area contributed by atoms with Gasteiger partial charge in [-0.25, -0.2) is 4.79 Å². The predicted octanol–water partition coefficient (Wildman–Crippen LogP) is -0.0829. The van der Waals surface area contributed by atoms with Gasteiger partial charge < -0.3 is 15.5 Å². The first-order chi connectivity index (χ1) is 5.11. The zero-order chi connectivity index (χ0) is 8.85. The first kappa shape index (κ1) is 9.72. The number of nitriles is 1. The van der Waals surface area contributed by atoms with Crippen molar-refractivity contribution in [2.75, 3.05) is 0 Å². The first-order valence-electron chi connectivity index (χ1n) is 3.19. The van der Waals surface area contributed by atoms with E-state index in [0.29, 0.717) is 6.42 Å². The number of aliphatic hydroxyl groups excluding tert-OH is 1. The molecule has 0 spiro atoms. The Bertz CT molecular complexity index is 175. The molecule has 0 saturated heterocycles. The van der Waals surface area contributed by atoms with Crippen LogP contribution >= 0.6 is 0 Å². The van der Waals surface area contributed by atoms with Gasteiger partial charge in [0.1, 0.15) is 0 Å². The van der Waals surface area contributed by atoms with Crippen LogP contribution in [0.3, 0.4) is 0 Å². The largest absolute Gasteiger partial charge is 0.465 e. The Hall–Kier alpha value is -1.28. The van der Waals surface area contributed by atoms with Crippen molar-refractivity contribution < 1.29 is 15.0 Å². The highest BCUT2D eigenvalue weighted by atomic mass is 16.4. The van der Waals surface area contributed by atoms with Crippen LogP contribution in [-0.2, 0) is 0 Å². The molecule has 0 radical (unpaired) electrons. The summed E-state index contributed by atoms with van der Waals surface area (Å²) >= 11 is 0. The molecule has 1 amide bonds. The number of carbonyl (C=O) groups is 1. The van der Waals surface area contributed by atoms with Crippen LogP contribution in [0.1, 0.15) is 13.3 Å². The molecule has 2 unspecified atom stereocenters. The Labute approximate surface area is 64.3 Å². The molecular weight excluding hydrogens is 148 g/mol. The number of nitrogens with zero attached hydrogens (tertiary/aromatic N) is 1. The highest BCUT2D eigenvalue weighted by Crippen LogP contribution is 1.96. The van der Waals surface area contributed by atoms with Crippen LogP contribution in [0.2, 0.25) is 0 Å². The molecule has 0 heterocycles. The Balaban J connectivity index is 3.97. The highest BCUT2D eigenvalue weighted by molar-refractivity contribution is 5.65. The molecule has 0 bridgehead atoms. The fourth-order valence-electron chi connectivity index (χ4n) is 0.653. The van der Waals surface area contributed by atoms with Crippen molar-refractivity contribution in [2.24, 2.45) is 0 Å². The lowest BCUT2D eigenvalue weighted by atomic mass is 10.1. The Morgan fingerprint density at radius 3 is 2.64 bits per heavy atom. The number of amides is 1. The van der Waals surface area contributed by atoms with Crippen LogP contribution in [0.15, 0.2) is 0 Å². The lowest BCUT2D eigenvalue weighted by Gasteiger charge is -2.14. The van der Waals surface area contributed by atoms with Gasteiger partial charge in [-0.1, -0.05) is 6.92 Å². The van der Waals surface area contributed by atoms with Crippen LogP contribution in [0.25, 0.3) is 0 Å². The van der Waals surface area contributed by atoms with Crippen molar-refractivity contribution in [1.29, 1.82) is 5.26 Å². The Kier molecular flexibility index (Phi) is 4.00. The van der Waals surface area contributed by atoms with E-state index in [1.54, 1.807) is 13.0 Å². The number of nitrogens with one attached hydrogen (secondary N) is 1. The molecule has 0 fully saturated rings. The summed E-state index contributed by atoms with van der Waals surface area (Å²) in [6, 6.07) is 0.854. The van der Waals surface area contributed by atoms with Crippen molar-refractivity contribution in [3.8, 4) is 6.07 Å². The molecule has 0 aromatic carbocycles. The molecule has 5 nitrogen and oxygen atoms in total. The van der Waals surface area contributed by atoms with Gasteiger partial charge in [0.25, 0.3) is 0 Å². The minimum atomic E-state index is -1.27. The molecule has 0 aliphatic carbocycles. The molecule has 0 aromatic rings. The van der Waals surface area contributed by atoms with E-state index in [2.05, 4.69) is 0 Å². The second kappa shape index (κ2) is 4.52. The summed E-state index contributed by atoms with van der Waals surface area (Å²) in [6.07, 6.45) is -2.11. The lowest BCUT2D eigenvalue weighted by molar-refractivity contribution is 0.153. The minimum Gasteiger partial charge on any atom is -0.465 e. The maximum Gasteiger partial charge on any atom is 0.405 e. The maximum atomic E-state index is 10.1. The quantitative estimate of drug-likeness (QED) is 0.500. The Morgan fingerprint density at radius 1 is 1.82 bits per heavy atom. The van der Waals surface area contributed by atoms with Gasteiger partial charge in [-0.3, -0.25) is 0 Å². The molecule has 11 heavy (non-hydrogen) atoms. The van der Waals surface area contributed by atoms with Crippen LogP contribution in [0.5, 0.6) is 0 Å². The van der Waals surface area contributed by atoms with E-state index < -0.39 is 18.2 Å². The van der Waals surface area contributed by atoms with Crippen molar-refractivity contribution >= 4 is 6.09 Å². The summed E-state index contributed by atoms with van der Waals surface area (Å²) in [5.41, 5.74) is 0. The normalized spacial score (nSPS) is 14.6. The van der Waals surface area contributed by atoms with Crippen LogP contribution in [0, 0.1) is 11.3 Å². The van der Waals surface area contributed by atoms with E-state index in [1.807, 2.05) is 5.32 Å². The monoisotopic (exact) mass is 158 g/mol. The SMILES string of the molecule is CCC(NC(=O)O)C(O)C#N. The highest BCUT2D eigenvalue weighted by Gasteiger charge is 2.17. The van der Waals surface area contributed by atoms with Gasteiger partial charge in [-0.2, -0.15) is 5.26 Å². The van der Waals surface area contributed by atoms with E-state index in [-0.39, 0.29) is 0 Å². The van der Waals surface area contributed by atoms with Gasteiger partial charge in [0, 0.05) is 0 Å². The van der Waals surface area contributed by atoms with Gasteiger partial charge in [-0.05, 0) is 6.42 Å². The summed E-state index contributed by atoms with van der Waals surface area (Å²) in [5, 5.41) is 27.3. The standard InChI is InChI=1S/C6H10N2O3/c1-2-4(5(9)3-7)8-6(10)11/h4-5,8-9H,2H2,1H3,(H,10,11). The second-order valence-corrected chi connectivity index (χ2v) is 2.04. The number of hydrogen-bond acceptors (Lipinski definition) is 3. The molecular formula is C6H10N2O3. The third-order valence-electron chi connectivity index (χ3n) is 1.26. The number of rotatable bonds is 3. The molecule has 5 heteroatoms. The summed E-state index contributed by atoms with van der Waals surface area (Å²) in [5.74, 6) is 0. The van der Waals surface area contributed by atoms with Crippen molar-refractivity contribution in [2.45, 2.75) is 25.5 Å². The van der Waals surface area contributed by atoms with Crippen LogP contribution < -0.4 is 5.32 Å². The Morgan fingerprint density at radius 2 is 2.36 bits per heavy atom. The number of aliphatic hydroxyl groups is 1. The number of hydrogen-bond donors (Lipinski definition) is 3. The van der Waals surface area contributed by atoms with Crippen molar-refractivity contribution in [3.05, 3.63) is 0 Å². The van der Waals surface area contributed by atoms with Crippen LogP contribution in [-0.4, -0.2) is 28.5 Å². The molecule has 0 aromatic heterocycles. The molecule has 0 rings (SSSR count). The molecule has 62 valence electrons. The third-order valence-corrected chi connectivity index (χ3v) is 1.26. The van der Waals surface area contributed by atoms with E-state index in [1.165, 1.54) is 0 Å².